The fraction of sp³-hybridized carbons (Fsp3) is 0.500. The molecule has 0 saturated carbocycles. The van der Waals surface area contributed by atoms with Gasteiger partial charge in [-0.25, -0.2) is 0 Å². The molecule has 0 aromatic carbocycles. The minimum atomic E-state index is 0.0323. The first-order valence-electron chi connectivity index (χ1n) is 4.61. The lowest BCUT2D eigenvalue weighted by Gasteiger charge is -2.28. The molecule has 2 atom stereocenters. The van der Waals surface area contributed by atoms with Gasteiger partial charge in [0, 0.05) is 24.5 Å². The maximum absolute atomic E-state index is 5.63. The van der Waals surface area contributed by atoms with Crippen LogP contribution in [0.3, 0.4) is 0 Å². The second kappa shape index (κ2) is 3.85. The highest BCUT2D eigenvalue weighted by Gasteiger charge is 2.18. The molecule has 2 heterocycles. The Morgan fingerprint density at radius 3 is 3.15 bits per heavy atom. The van der Waals surface area contributed by atoms with Crippen molar-refractivity contribution < 1.29 is 4.74 Å². The summed E-state index contributed by atoms with van der Waals surface area (Å²) in [6, 6.07) is 3.96. The number of hydrogen-bond donors (Lipinski definition) is 1. The molecule has 1 saturated heterocycles. The Morgan fingerprint density at radius 1 is 1.62 bits per heavy atom. The van der Waals surface area contributed by atoms with Crippen LogP contribution in [0.1, 0.15) is 18.7 Å². The average Bonchev–Trinajstić information content (AvgIpc) is 2.20. The summed E-state index contributed by atoms with van der Waals surface area (Å²) in [5, 5.41) is 3.32. The highest BCUT2D eigenvalue weighted by molar-refractivity contribution is 5.11. The molecule has 0 aliphatic carbocycles. The number of pyridine rings is 1. The van der Waals surface area contributed by atoms with Gasteiger partial charge in [-0.05, 0) is 12.0 Å². The summed E-state index contributed by atoms with van der Waals surface area (Å²) in [7, 11) is 0. The molecule has 0 amide bonds. The van der Waals surface area contributed by atoms with Crippen molar-refractivity contribution in [3.05, 3.63) is 30.1 Å². The van der Waals surface area contributed by atoms with E-state index in [4.69, 9.17) is 4.74 Å². The Bertz CT molecular complexity index is 255. The second-order valence-corrected chi connectivity index (χ2v) is 3.51. The Balaban J connectivity index is 2.03. The number of rotatable bonds is 1. The van der Waals surface area contributed by atoms with Gasteiger partial charge in [0.2, 0.25) is 0 Å². The molecule has 0 spiro atoms. The molecule has 1 aliphatic rings. The largest absolute Gasteiger partial charge is 0.359 e. The third kappa shape index (κ3) is 2.05. The van der Waals surface area contributed by atoms with E-state index in [0.29, 0.717) is 5.92 Å². The van der Waals surface area contributed by atoms with E-state index in [-0.39, 0.29) is 6.23 Å². The summed E-state index contributed by atoms with van der Waals surface area (Å²) in [4.78, 5) is 4.06. The number of aromatic nitrogens is 1. The first-order valence-corrected chi connectivity index (χ1v) is 4.61. The van der Waals surface area contributed by atoms with Gasteiger partial charge in [0.15, 0.2) is 0 Å². The van der Waals surface area contributed by atoms with Gasteiger partial charge in [-0.1, -0.05) is 13.0 Å². The number of hydrogen-bond acceptors (Lipinski definition) is 3. The molecule has 0 bridgehead atoms. The molecule has 1 N–H and O–H groups in total. The number of nitrogens with zero attached hydrogens (tertiary/aromatic N) is 1. The van der Waals surface area contributed by atoms with Crippen molar-refractivity contribution in [1.82, 2.24) is 10.3 Å². The second-order valence-electron chi connectivity index (χ2n) is 3.51. The molecule has 1 aromatic heterocycles. The molecule has 1 fully saturated rings. The van der Waals surface area contributed by atoms with Crippen molar-refractivity contribution in [3.63, 3.8) is 0 Å². The molecule has 70 valence electrons. The topological polar surface area (TPSA) is 34.2 Å². The Hall–Kier alpha value is -0.930. The van der Waals surface area contributed by atoms with Crippen molar-refractivity contribution >= 4 is 0 Å². The normalized spacial score (nSPS) is 28.7. The van der Waals surface area contributed by atoms with Crippen molar-refractivity contribution in [2.45, 2.75) is 13.2 Å². The average molecular weight is 178 g/mol. The SMILES string of the molecule is CC1CNC(c2cccnc2)OC1. The molecular formula is C10H14N2O. The van der Waals surface area contributed by atoms with Gasteiger partial charge < -0.3 is 4.74 Å². The van der Waals surface area contributed by atoms with Crippen LogP contribution in [0.25, 0.3) is 0 Å². The Labute approximate surface area is 78.1 Å². The maximum atomic E-state index is 5.63. The standard InChI is InChI=1S/C10H14N2O/c1-8-5-12-10(13-7-8)9-3-2-4-11-6-9/h2-4,6,8,10,12H,5,7H2,1H3. The third-order valence-corrected chi connectivity index (χ3v) is 2.19. The van der Waals surface area contributed by atoms with E-state index in [0.717, 1.165) is 18.7 Å². The van der Waals surface area contributed by atoms with Gasteiger partial charge in [-0.15, -0.1) is 0 Å². The van der Waals surface area contributed by atoms with E-state index in [1.54, 1.807) is 6.20 Å². The van der Waals surface area contributed by atoms with Crippen molar-refractivity contribution in [2.75, 3.05) is 13.2 Å². The summed E-state index contributed by atoms with van der Waals surface area (Å²) in [6.07, 6.45) is 3.65. The predicted octanol–water partition coefficient (Wildman–Crippen LogP) is 1.34. The fourth-order valence-corrected chi connectivity index (χ4v) is 1.43. The summed E-state index contributed by atoms with van der Waals surface area (Å²) >= 11 is 0. The van der Waals surface area contributed by atoms with Gasteiger partial charge in [-0.3, -0.25) is 10.3 Å². The lowest BCUT2D eigenvalue weighted by molar-refractivity contribution is -0.0255. The fourth-order valence-electron chi connectivity index (χ4n) is 1.43. The van der Waals surface area contributed by atoms with E-state index < -0.39 is 0 Å². The van der Waals surface area contributed by atoms with Crippen LogP contribution in [0, 0.1) is 5.92 Å². The van der Waals surface area contributed by atoms with E-state index in [9.17, 15) is 0 Å². The van der Waals surface area contributed by atoms with Crippen molar-refractivity contribution in [3.8, 4) is 0 Å². The van der Waals surface area contributed by atoms with Crippen LogP contribution in [0.15, 0.2) is 24.5 Å². The molecule has 1 aromatic rings. The molecule has 0 radical (unpaired) electrons. The number of nitrogens with one attached hydrogen (secondary N) is 1. The van der Waals surface area contributed by atoms with Crippen LogP contribution < -0.4 is 5.32 Å². The van der Waals surface area contributed by atoms with E-state index in [1.165, 1.54) is 0 Å². The molecule has 3 heteroatoms. The zero-order valence-electron chi connectivity index (χ0n) is 7.73. The number of ether oxygens (including phenoxy) is 1. The van der Waals surface area contributed by atoms with Gasteiger partial charge in [0.05, 0.1) is 6.61 Å². The summed E-state index contributed by atoms with van der Waals surface area (Å²) in [5.41, 5.74) is 1.11. The smallest absolute Gasteiger partial charge is 0.135 e. The molecule has 2 rings (SSSR count). The zero-order valence-corrected chi connectivity index (χ0v) is 7.73. The van der Waals surface area contributed by atoms with E-state index in [1.807, 2.05) is 18.3 Å². The highest BCUT2D eigenvalue weighted by Crippen LogP contribution is 2.17. The van der Waals surface area contributed by atoms with Crippen molar-refractivity contribution in [2.24, 2.45) is 5.92 Å². The third-order valence-electron chi connectivity index (χ3n) is 2.19. The monoisotopic (exact) mass is 178 g/mol. The molecule has 1 aliphatic heterocycles. The van der Waals surface area contributed by atoms with Gasteiger partial charge in [-0.2, -0.15) is 0 Å². The molecule has 13 heavy (non-hydrogen) atoms. The maximum Gasteiger partial charge on any atom is 0.135 e. The van der Waals surface area contributed by atoms with Gasteiger partial charge in [0.25, 0.3) is 0 Å². The minimum Gasteiger partial charge on any atom is -0.359 e. The van der Waals surface area contributed by atoms with Gasteiger partial charge >= 0.3 is 0 Å². The predicted molar refractivity (Wildman–Crippen MR) is 50.1 cm³/mol. The summed E-state index contributed by atoms with van der Waals surface area (Å²) in [6.45, 7) is 4.01. The zero-order chi connectivity index (χ0) is 9.10. The van der Waals surface area contributed by atoms with Crippen LogP contribution in [-0.4, -0.2) is 18.1 Å². The Kier molecular flexibility index (Phi) is 2.57. The van der Waals surface area contributed by atoms with Crippen LogP contribution in [0.4, 0.5) is 0 Å². The molecular weight excluding hydrogens is 164 g/mol. The van der Waals surface area contributed by atoms with E-state index in [2.05, 4.69) is 17.2 Å². The van der Waals surface area contributed by atoms with Crippen molar-refractivity contribution in [1.29, 1.82) is 0 Å². The lowest BCUT2D eigenvalue weighted by Crippen LogP contribution is -2.36. The van der Waals surface area contributed by atoms with Crippen LogP contribution in [-0.2, 0) is 4.74 Å². The summed E-state index contributed by atoms with van der Waals surface area (Å²) in [5.74, 6) is 0.605. The molecule has 2 unspecified atom stereocenters. The van der Waals surface area contributed by atoms with Crippen LogP contribution in [0.2, 0.25) is 0 Å². The first kappa shape index (κ1) is 8.66. The van der Waals surface area contributed by atoms with Crippen LogP contribution in [0.5, 0.6) is 0 Å². The lowest BCUT2D eigenvalue weighted by atomic mass is 10.1. The van der Waals surface area contributed by atoms with Gasteiger partial charge in [0.1, 0.15) is 6.23 Å². The summed E-state index contributed by atoms with van der Waals surface area (Å²) < 4.78 is 5.63. The quantitative estimate of drug-likeness (QED) is 0.704. The Morgan fingerprint density at radius 2 is 2.54 bits per heavy atom. The van der Waals surface area contributed by atoms with Crippen LogP contribution >= 0.6 is 0 Å². The first-order chi connectivity index (χ1) is 6.36. The molecule has 3 nitrogen and oxygen atoms in total. The minimum absolute atomic E-state index is 0.0323. The highest BCUT2D eigenvalue weighted by atomic mass is 16.5. The van der Waals surface area contributed by atoms with E-state index >= 15 is 0 Å².